The van der Waals surface area contributed by atoms with Crippen molar-refractivity contribution in [3.8, 4) is 0 Å². The van der Waals surface area contributed by atoms with Gasteiger partial charge in [-0.05, 0) is 50.1 Å². The molecule has 0 radical (unpaired) electrons. The lowest BCUT2D eigenvalue weighted by Gasteiger charge is -2.34. The Labute approximate surface area is 106 Å². The van der Waals surface area contributed by atoms with Crippen LogP contribution in [0.4, 0.5) is 0 Å². The van der Waals surface area contributed by atoms with Gasteiger partial charge in [0.1, 0.15) is 0 Å². The average Bonchev–Trinajstić information content (AvgIpc) is 2.77. The number of nitrogens with one attached hydrogen (secondary N) is 2. The molecule has 0 aromatic heterocycles. The molecule has 3 heteroatoms. The minimum Gasteiger partial charge on any atom is -0.378 e. The van der Waals surface area contributed by atoms with Crippen molar-refractivity contribution >= 4 is 0 Å². The van der Waals surface area contributed by atoms with Crippen molar-refractivity contribution in [3.05, 3.63) is 0 Å². The summed E-state index contributed by atoms with van der Waals surface area (Å²) in [6.07, 6.45) is 5.51. The first-order valence-corrected chi connectivity index (χ1v) is 7.26. The van der Waals surface area contributed by atoms with E-state index in [1.54, 1.807) is 0 Å². The van der Waals surface area contributed by atoms with E-state index in [1.807, 2.05) is 0 Å². The summed E-state index contributed by atoms with van der Waals surface area (Å²) in [4.78, 5) is 0. The van der Waals surface area contributed by atoms with Gasteiger partial charge in [-0.1, -0.05) is 13.8 Å². The van der Waals surface area contributed by atoms with Crippen LogP contribution in [0, 0.1) is 11.3 Å². The molecule has 17 heavy (non-hydrogen) atoms. The molecular formula is C14H28N2O. The monoisotopic (exact) mass is 240 g/mol. The van der Waals surface area contributed by atoms with E-state index < -0.39 is 0 Å². The summed E-state index contributed by atoms with van der Waals surface area (Å²) < 4.78 is 5.73. The molecule has 100 valence electrons. The van der Waals surface area contributed by atoms with Crippen LogP contribution >= 0.6 is 0 Å². The molecule has 0 spiro atoms. The Morgan fingerprint density at radius 3 is 2.82 bits per heavy atom. The van der Waals surface area contributed by atoms with Gasteiger partial charge in [0.2, 0.25) is 0 Å². The van der Waals surface area contributed by atoms with Crippen molar-refractivity contribution in [2.45, 2.75) is 45.6 Å². The van der Waals surface area contributed by atoms with Gasteiger partial charge in [0.25, 0.3) is 0 Å². The zero-order valence-corrected chi connectivity index (χ0v) is 11.4. The van der Waals surface area contributed by atoms with Crippen LogP contribution in [-0.4, -0.2) is 38.9 Å². The molecule has 2 aliphatic heterocycles. The molecule has 2 N–H and O–H groups in total. The highest BCUT2D eigenvalue weighted by molar-refractivity contribution is 4.84. The van der Waals surface area contributed by atoms with Crippen molar-refractivity contribution in [2.24, 2.45) is 11.3 Å². The minimum atomic E-state index is 0.503. The van der Waals surface area contributed by atoms with Gasteiger partial charge in [-0.3, -0.25) is 0 Å². The van der Waals surface area contributed by atoms with Crippen LogP contribution < -0.4 is 10.6 Å². The molecule has 3 nitrogen and oxygen atoms in total. The van der Waals surface area contributed by atoms with Gasteiger partial charge in [-0.25, -0.2) is 0 Å². The maximum atomic E-state index is 5.73. The standard InChI is InChI=1S/C14H28N2O/c1-3-13-12(4-9-17-13)10-16-11-14(2)5-7-15-8-6-14/h12-13,15-16H,3-11H2,1-2H3. The molecule has 2 rings (SSSR count). The second-order valence-electron chi connectivity index (χ2n) is 6.06. The number of hydrogen-bond acceptors (Lipinski definition) is 3. The van der Waals surface area contributed by atoms with Crippen LogP contribution in [0.15, 0.2) is 0 Å². The van der Waals surface area contributed by atoms with Crippen molar-refractivity contribution in [1.29, 1.82) is 0 Å². The van der Waals surface area contributed by atoms with E-state index in [2.05, 4.69) is 24.5 Å². The van der Waals surface area contributed by atoms with E-state index in [4.69, 9.17) is 4.74 Å². The van der Waals surface area contributed by atoms with Gasteiger partial charge in [0.15, 0.2) is 0 Å². The van der Waals surface area contributed by atoms with Gasteiger partial charge in [-0.15, -0.1) is 0 Å². The van der Waals surface area contributed by atoms with E-state index in [1.165, 1.54) is 38.9 Å². The Bertz CT molecular complexity index is 226. The Balaban J connectivity index is 1.68. The lowest BCUT2D eigenvalue weighted by atomic mass is 9.81. The predicted octanol–water partition coefficient (Wildman–Crippen LogP) is 1.78. The molecule has 2 atom stereocenters. The predicted molar refractivity (Wildman–Crippen MR) is 71.2 cm³/mol. The molecule has 2 unspecified atom stereocenters. The number of rotatable bonds is 5. The van der Waals surface area contributed by atoms with Gasteiger partial charge in [-0.2, -0.15) is 0 Å². The summed E-state index contributed by atoms with van der Waals surface area (Å²) in [5, 5.41) is 7.13. The van der Waals surface area contributed by atoms with Crippen LogP contribution in [0.2, 0.25) is 0 Å². The first kappa shape index (κ1) is 13.3. The quantitative estimate of drug-likeness (QED) is 0.768. The highest BCUT2D eigenvalue weighted by atomic mass is 16.5. The normalized spacial score (nSPS) is 32.8. The molecule has 2 aliphatic rings. The third kappa shape index (κ3) is 3.67. The highest BCUT2D eigenvalue weighted by Gasteiger charge is 2.29. The summed E-state index contributed by atoms with van der Waals surface area (Å²) in [5.74, 6) is 0.741. The third-order valence-electron chi connectivity index (χ3n) is 4.52. The fraction of sp³-hybridized carbons (Fsp3) is 1.00. The van der Waals surface area contributed by atoms with Crippen LogP contribution in [0.3, 0.4) is 0 Å². The molecule has 2 saturated heterocycles. The summed E-state index contributed by atoms with van der Waals surface area (Å²) in [5.41, 5.74) is 0.506. The fourth-order valence-corrected chi connectivity index (χ4v) is 3.14. The maximum absolute atomic E-state index is 5.73. The summed E-state index contributed by atoms with van der Waals surface area (Å²) in [7, 11) is 0. The molecule has 0 bridgehead atoms. The van der Waals surface area contributed by atoms with Gasteiger partial charge < -0.3 is 15.4 Å². The topological polar surface area (TPSA) is 33.3 Å². The van der Waals surface area contributed by atoms with Crippen molar-refractivity contribution in [2.75, 3.05) is 32.8 Å². The largest absolute Gasteiger partial charge is 0.378 e. The molecule has 0 aromatic carbocycles. The van der Waals surface area contributed by atoms with Gasteiger partial charge in [0.05, 0.1) is 6.10 Å². The lowest BCUT2D eigenvalue weighted by molar-refractivity contribution is 0.0860. The average molecular weight is 240 g/mol. The van der Waals surface area contributed by atoms with Gasteiger partial charge >= 0.3 is 0 Å². The molecule has 2 fully saturated rings. The fourth-order valence-electron chi connectivity index (χ4n) is 3.14. The van der Waals surface area contributed by atoms with Crippen LogP contribution in [0.5, 0.6) is 0 Å². The van der Waals surface area contributed by atoms with Crippen LogP contribution in [-0.2, 0) is 4.74 Å². The SMILES string of the molecule is CCC1OCCC1CNCC1(C)CCNCC1. The number of hydrogen-bond donors (Lipinski definition) is 2. The van der Waals surface area contributed by atoms with Crippen molar-refractivity contribution in [3.63, 3.8) is 0 Å². The molecule has 0 saturated carbocycles. The summed E-state index contributed by atoms with van der Waals surface area (Å²) in [6.45, 7) is 10.3. The maximum Gasteiger partial charge on any atom is 0.0613 e. The molecule has 0 amide bonds. The van der Waals surface area contributed by atoms with Gasteiger partial charge in [0, 0.05) is 19.7 Å². The van der Waals surface area contributed by atoms with Crippen LogP contribution in [0.1, 0.15) is 39.5 Å². The molecular weight excluding hydrogens is 212 g/mol. The third-order valence-corrected chi connectivity index (χ3v) is 4.52. The lowest BCUT2D eigenvalue weighted by Crippen LogP contribution is -2.42. The van der Waals surface area contributed by atoms with E-state index in [0.29, 0.717) is 11.5 Å². The first-order valence-electron chi connectivity index (χ1n) is 7.26. The van der Waals surface area contributed by atoms with Crippen molar-refractivity contribution in [1.82, 2.24) is 10.6 Å². The first-order chi connectivity index (χ1) is 8.23. The van der Waals surface area contributed by atoms with E-state index in [-0.39, 0.29) is 0 Å². The van der Waals surface area contributed by atoms with E-state index >= 15 is 0 Å². The second kappa shape index (κ2) is 6.17. The number of ether oxygens (including phenoxy) is 1. The highest BCUT2D eigenvalue weighted by Crippen LogP contribution is 2.27. The Kier molecular flexibility index (Phi) is 4.83. The number of piperidine rings is 1. The Morgan fingerprint density at radius 2 is 2.12 bits per heavy atom. The molecule has 2 heterocycles. The van der Waals surface area contributed by atoms with Crippen LogP contribution in [0.25, 0.3) is 0 Å². The minimum absolute atomic E-state index is 0.503. The molecule has 0 aliphatic carbocycles. The Hall–Kier alpha value is -0.120. The second-order valence-corrected chi connectivity index (χ2v) is 6.06. The van der Waals surface area contributed by atoms with E-state index in [9.17, 15) is 0 Å². The zero-order valence-electron chi connectivity index (χ0n) is 11.4. The summed E-state index contributed by atoms with van der Waals surface area (Å²) >= 11 is 0. The smallest absolute Gasteiger partial charge is 0.0613 e. The van der Waals surface area contributed by atoms with Crippen molar-refractivity contribution < 1.29 is 4.74 Å². The molecule has 0 aromatic rings. The zero-order chi connectivity index (χ0) is 12.1. The summed E-state index contributed by atoms with van der Waals surface area (Å²) in [6, 6.07) is 0. The Morgan fingerprint density at radius 1 is 1.35 bits per heavy atom. The van der Waals surface area contributed by atoms with E-state index in [0.717, 1.165) is 25.5 Å².